The van der Waals surface area contributed by atoms with E-state index in [4.69, 9.17) is 4.42 Å². The molecule has 0 saturated carbocycles. The fourth-order valence-corrected chi connectivity index (χ4v) is 3.65. The molecule has 4 heterocycles. The monoisotopic (exact) mass is 397 g/mol. The lowest BCUT2D eigenvalue weighted by Gasteiger charge is -2.15. The summed E-state index contributed by atoms with van der Waals surface area (Å²) in [4.78, 5) is 14.1. The standard InChI is InChI=1S/C16H14F3N5O2S/c1-23-11(6-12(22-23)16(17,18)19)15(25)24-4-2-9(7-24)13-20-21-14(26-13)10-3-5-27-8-10/h3,5-6,8-9H,2,4,7H2,1H3. The van der Waals surface area contributed by atoms with Crippen molar-refractivity contribution in [1.29, 1.82) is 0 Å². The van der Waals surface area contributed by atoms with Crippen molar-refractivity contribution in [2.24, 2.45) is 7.05 Å². The first kappa shape index (κ1) is 17.7. The number of rotatable bonds is 3. The van der Waals surface area contributed by atoms with E-state index < -0.39 is 17.8 Å². The normalized spacial score (nSPS) is 17.6. The smallest absolute Gasteiger partial charge is 0.420 e. The lowest BCUT2D eigenvalue weighted by molar-refractivity contribution is -0.141. The molecule has 1 aliphatic rings. The number of amides is 1. The Kier molecular flexibility index (Phi) is 4.25. The van der Waals surface area contributed by atoms with Crippen molar-refractivity contribution < 1.29 is 22.4 Å². The Morgan fingerprint density at radius 1 is 1.37 bits per heavy atom. The Balaban J connectivity index is 1.48. The van der Waals surface area contributed by atoms with Crippen LogP contribution in [0, 0.1) is 0 Å². The van der Waals surface area contributed by atoms with Crippen molar-refractivity contribution in [3.8, 4) is 11.5 Å². The minimum Gasteiger partial charge on any atom is -0.420 e. The zero-order chi connectivity index (χ0) is 19.2. The van der Waals surface area contributed by atoms with E-state index in [0.29, 0.717) is 31.3 Å². The average molecular weight is 397 g/mol. The van der Waals surface area contributed by atoms with Crippen LogP contribution in [0.5, 0.6) is 0 Å². The van der Waals surface area contributed by atoms with E-state index in [1.807, 2.05) is 16.8 Å². The van der Waals surface area contributed by atoms with Crippen LogP contribution in [0.2, 0.25) is 0 Å². The molecule has 0 aromatic carbocycles. The second-order valence-corrected chi connectivity index (χ2v) is 7.01. The molecule has 4 rings (SSSR count). The summed E-state index contributed by atoms with van der Waals surface area (Å²) in [6, 6.07) is 2.64. The molecule has 0 bridgehead atoms. The topological polar surface area (TPSA) is 77.1 Å². The molecule has 0 aliphatic carbocycles. The van der Waals surface area contributed by atoms with Gasteiger partial charge in [0.25, 0.3) is 5.91 Å². The lowest BCUT2D eigenvalue weighted by atomic mass is 10.1. The third-order valence-electron chi connectivity index (χ3n) is 4.42. The summed E-state index contributed by atoms with van der Waals surface area (Å²) in [5.41, 5.74) is -0.354. The molecular weight excluding hydrogens is 383 g/mol. The van der Waals surface area contributed by atoms with Crippen LogP contribution in [0.15, 0.2) is 27.3 Å². The number of aromatic nitrogens is 4. The minimum atomic E-state index is -4.59. The fraction of sp³-hybridized carbons (Fsp3) is 0.375. The number of carbonyl (C=O) groups excluding carboxylic acids is 1. The number of alkyl halides is 3. The van der Waals surface area contributed by atoms with Gasteiger partial charge >= 0.3 is 6.18 Å². The second-order valence-electron chi connectivity index (χ2n) is 6.23. The molecule has 7 nitrogen and oxygen atoms in total. The molecule has 1 amide bonds. The first-order chi connectivity index (χ1) is 12.8. The zero-order valence-corrected chi connectivity index (χ0v) is 14.9. The molecule has 3 aromatic rings. The maximum atomic E-state index is 12.8. The van der Waals surface area contributed by atoms with Crippen LogP contribution >= 0.6 is 11.3 Å². The number of thiophene rings is 1. The molecule has 1 fully saturated rings. The fourth-order valence-electron chi connectivity index (χ4n) is 3.02. The summed E-state index contributed by atoms with van der Waals surface area (Å²) in [7, 11) is 1.32. The number of hydrogen-bond acceptors (Lipinski definition) is 6. The van der Waals surface area contributed by atoms with Gasteiger partial charge in [-0.05, 0) is 17.9 Å². The molecule has 0 radical (unpaired) electrons. The SMILES string of the molecule is Cn1nc(C(F)(F)F)cc1C(=O)N1CCC(c2nnc(-c3ccsc3)o2)C1. The van der Waals surface area contributed by atoms with Gasteiger partial charge in [0.15, 0.2) is 5.69 Å². The van der Waals surface area contributed by atoms with E-state index in [0.717, 1.165) is 16.3 Å². The van der Waals surface area contributed by atoms with Gasteiger partial charge in [-0.1, -0.05) is 0 Å². The van der Waals surface area contributed by atoms with Crippen molar-refractivity contribution in [2.75, 3.05) is 13.1 Å². The highest BCUT2D eigenvalue weighted by Gasteiger charge is 2.37. The molecule has 3 aromatic heterocycles. The van der Waals surface area contributed by atoms with E-state index in [1.165, 1.54) is 23.3 Å². The van der Waals surface area contributed by atoms with Gasteiger partial charge in [-0.25, -0.2) is 0 Å². The average Bonchev–Trinajstić information content (AvgIpc) is 3.37. The number of hydrogen-bond donors (Lipinski definition) is 0. The second kappa shape index (κ2) is 6.48. The van der Waals surface area contributed by atoms with Crippen molar-refractivity contribution in [2.45, 2.75) is 18.5 Å². The van der Waals surface area contributed by atoms with Crippen LogP contribution < -0.4 is 0 Å². The number of aryl methyl sites for hydroxylation is 1. The number of nitrogens with zero attached hydrogens (tertiary/aromatic N) is 5. The molecule has 1 atom stereocenters. The van der Waals surface area contributed by atoms with Gasteiger partial charge in [-0.15, -0.1) is 10.2 Å². The summed E-state index contributed by atoms with van der Waals surface area (Å²) in [6.07, 6.45) is -3.99. The predicted octanol–water partition coefficient (Wildman–Crippen LogP) is 3.18. The van der Waals surface area contributed by atoms with Crippen LogP contribution in [-0.4, -0.2) is 43.9 Å². The molecule has 11 heteroatoms. The van der Waals surface area contributed by atoms with Gasteiger partial charge in [-0.3, -0.25) is 9.48 Å². The first-order valence-corrected chi connectivity index (χ1v) is 9.03. The van der Waals surface area contributed by atoms with Gasteiger partial charge in [-0.2, -0.15) is 29.6 Å². The van der Waals surface area contributed by atoms with Crippen molar-refractivity contribution in [3.63, 3.8) is 0 Å². The molecule has 1 unspecified atom stereocenters. The van der Waals surface area contributed by atoms with Gasteiger partial charge in [0.1, 0.15) is 5.69 Å². The maximum Gasteiger partial charge on any atom is 0.435 e. The highest BCUT2D eigenvalue weighted by Crippen LogP contribution is 2.31. The number of carbonyl (C=O) groups is 1. The third kappa shape index (κ3) is 3.34. The first-order valence-electron chi connectivity index (χ1n) is 8.09. The van der Waals surface area contributed by atoms with Gasteiger partial charge in [0.2, 0.25) is 11.8 Å². The number of halogens is 3. The molecule has 142 valence electrons. The highest BCUT2D eigenvalue weighted by atomic mass is 32.1. The highest BCUT2D eigenvalue weighted by molar-refractivity contribution is 7.08. The lowest BCUT2D eigenvalue weighted by Crippen LogP contribution is -2.30. The Bertz CT molecular complexity index is 963. The summed E-state index contributed by atoms with van der Waals surface area (Å²) in [5, 5.41) is 15.3. The molecule has 0 spiro atoms. The van der Waals surface area contributed by atoms with Gasteiger partial charge < -0.3 is 9.32 Å². The van der Waals surface area contributed by atoms with E-state index >= 15 is 0 Å². The van der Waals surface area contributed by atoms with E-state index in [9.17, 15) is 18.0 Å². The molecule has 1 saturated heterocycles. The molecule has 27 heavy (non-hydrogen) atoms. The summed E-state index contributed by atoms with van der Waals surface area (Å²) < 4.78 is 45.0. The van der Waals surface area contributed by atoms with Gasteiger partial charge in [0, 0.05) is 37.1 Å². The molecule has 0 N–H and O–H groups in total. The van der Waals surface area contributed by atoms with Crippen LogP contribution in [0.4, 0.5) is 13.2 Å². The van der Waals surface area contributed by atoms with Crippen LogP contribution in [0.1, 0.15) is 34.4 Å². The van der Waals surface area contributed by atoms with E-state index in [2.05, 4.69) is 15.3 Å². The van der Waals surface area contributed by atoms with Crippen molar-refractivity contribution >= 4 is 17.2 Å². The Labute approximate surface area is 155 Å². The Morgan fingerprint density at radius 2 is 2.19 bits per heavy atom. The third-order valence-corrected chi connectivity index (χ3v) is 5.11. The summed E-state index contributed by atoms with van der Waals surface area (Å²) in [6.45, 7) is 0.697. The van der Waals surface area contributed by atoms with Crippen molar-refractivity contribution in [3.05, 3.63) is 40.2 Å². The number of likely N-dealkylation sites (tertiary alicyclic amines) is 1. The van der Waals surface area contributed by atoms with Crippen LogP contribution in [0.25, 0.3) is 11.5 Å². The van der Waals surface area contributed by atoms with Crippen LogP contribution in [0.3, 0.4) is 0 Å². The maximum absolute atomic E-state index is 12.8. The largest absolute Gasteiger partial charge is 0.435 e. The Hall–Kier alpha value is -2.69. The molecule has 1 aliphatic heterocycles. The van der Waals surface area contributed by atoms with Gasteiger partial charge in [0.05, 0.1) is 5.92 Å². The summed E-state index contributed by atoms with van der Waals surface area (Å²) >= 11 is 1.51. The van der Waals surface area contributed by atoms with E-state index in [-0.39, 0.29) is 11.6 Å². The predicted molar refractivity (Wildman–Crippen MR) is 89.1 cm³/mol. The zero-order valence-electron chi connectivity index (χ0n) is 14.1. The van der Waals surface area contributed by atoms with Crippen molar-refractivity contribution in [1.82, 2.24) is 24.9 Å². The quantitative estimate of drug-likeness (QED) is 0.678. The summed E-state index contributed by atoms with van der Waals surface area (Å²) in [5.74, 6) is 0.190. The van der Waals surface area contributed by atoms with Crippen LogP contribution in [-0.2, 0) is 13.2 Å². The minimum absolute atomic E-state index is 0.104. The molecular formula is C16H14F3N5O2S. The Morgan fingerprint density at radius 3 is 2.85 bits per heavy atom. The van der Waals surface area contributed by atoms with E-state index in [1.54, 1.807) is 0 Å².